The SMILES string of the molecule is CNc1cccc(CNc2cc(Br)ccc2F)c1. The molecule has 2 nitrogen and oxygen atoms in total. The summed E-state index contributed by atoms with van der Waals surface area (Å²) in [5, 5.41) is 6.17. The Morgan fingerprint density at radius 2 is 2.00 bits per heavy atom. The first-order chi connectivity index (χ1) is 8.69. The summed E-state index contributed by atoms with van der Waals surface area (Å²) in [6.07, 6.45) is 0. The zero-order valence-electron chi connectivity index (χ0n) is 10.0. The van der Waals surface area contributed by atoms with Gasteiger partial charge in [0.1, 0.15) is 5.82 Å². The molecule has 0 unspecified atom stereocenters. The summed E-state index contributed by atoms with van der Waals surface area (Å²) in [6.45, 7) is 0.586. The second-order valence-corrected chi connectivity index (χ2v) is 4.84. The van der Waals surface area contributed by atoms with Crippen molar-refractivity contribution in [1.29, 1.82) is 0 Å². The van der Waals surface area contributed by atoms with Gasteiger partial charge in [0.25, 0.3) is 0 Å². The summed E-state index contributed by atoms with van der Waals surface area (Å²) in [5.74, 6) is -0.247. The van der Waals surface area contributed by atoms with Gasteiger partial charge in [-0.05, 0) is 35.9 Å². The third kappa shape index (κ3) is 3.23. The molecule has 2 aromatic carbocycles. The smallest absolute Gasteiger partial charge is 0.146 e. The van der Waals surface area contributed by atoms with Crippen LogP contribution in [0.15, 0.2) is 46.9 Å². The molecule has 0 aliphatic carbocycles. The first-order valence-electron chi connectivity index (χ1n) is 5.64. The fourth-order valence-corrected chi connectivity index (χ4v) is 2.03. The standard InChI is InChI=1S/C14H14BrFN2/c1-17-12-4-2-3-10(7-12)9-18-14-8-11(15)5-6-13(14)16/h2-8,17-18H,9H2,1H3. The van der Waals surface area contributed by atoms with Crippen molar-refractivity contribution in [2.45, 2.75) is 6.54 Å². The number of benzene rings is 2. The van der Waals surface area contributed by atoms with Crippen LogP contribution in [0.5, 0.6) is 0 Å². The topological polar surface area (TPSA) is 24.1 Å². The van der Waals surface area contributed by atoms with Crippen LogP contribution in [0.25, 0.3) is 0 Å². The molecule has 0 amide bonds. The van der Waals surface area contributed by atoms with Gasteiger partial charge in [0.05, 0.1) is 5.69 Å². The molecule has 0 aliphatic rings. The molecule has 0 saturated carbocycles. The van der Waals surface area contributed by atoms with Crippen LogP contribution in [0, 0.1) is 5.82 Å². The van der Waals surface area contributed by atoms with Crippen molar-refractivity contribution < 1.29 is 4.39 Å². The van der Waals surface area contributed by atoms with Crippen LogP contribution in [0.3, 0.4) is 0 Å². The molecular formula is C14H14BrFN2. The van der Waals surface area contributed by atoms with E-state index < -0.39 is 0 Å². The Balaban J connectivity index is 2.08. The largest absolute Gasteiger partial charge is 0.388 e. The van der Waals surface area contributed by atoms with Gasteiger partial charge in [-0.15, -0.1) is 0 Å². The van der Waals surface area contributed by atoms with Crippen molar-refractivity contribution >= 4 is 27.3 Å². The van der Waals surface area contributed by atoms with Crippen molar-refractivity contribution in [3.05, 3.63) is 58.3 Å². The van der Waals surface area contributed by atoms with Gasteiger partial charge in [-0.3, -0.25) is 0 Å². The number of hydrogen-bond donors (Lipinski definition) is 2. The van der Waals surface area contributed by atoms with Crippen LogP contribution < -0.4 is 10.6 Å². The third-order valence-corrected chi connectivity index (χ3v) is 3.12. The molecule has 0 aromatic heterocycles. The lowest BCUT2D eigenvalue weighted by molar-refractivity contribution is 0.630. The summed E-state index contributed by atoms with van der Waals surface area (Å²) >= 11 is 3.33. The first-order valence-corrected chi connectivity index (χ1v) is 6.44. The van der Waals surface area contributed by atoms with Crippen LogP contribution in [-0.2, 0) is 6.54 Å². The second kappa shape index (κ2) is 5.87. The zero-order chi connectivity index (χ0) is 13.0. The van der Waals surface area contributed by atoms with E-state index in [4.69, 9.17) is 0 Å². The maximum atomic E-state index is 13.5. The summed E-state index contributed by atoms with van der Waals surface area (Å²) in [5.41, 5.74) is 2.64. The Hall–Kier alpha value is -1.55. The fraction of sp³-hybridized carbons (Fsp3) is 0.143. The first kappa shape index (κ1) is 12.9. The predicted octanol–water partition coefficient (Wildman–Crippen LogP) is 4.24. The molecular weight excluding hydrogens is 295 g/mol. The number of rotatable bonds is 4. The van der Waals surface area contributed by atoms with Gasteiger partial charge in [-0.25, -0.2) is 4.39 Å². The number of halogens is 2. The van der Waals surface area contributed by atoms with Crippen molar-refractivity contribution in [1.82, 2.24) is 0 Å². The maximum Gasteiger partial charge on any atom is 0.146 e. The summed E-state index contributed by atoms with van der Waals surface area (Å²) in [6, 6.07) is 12.9. The van der Waals surface area contributed by atoms with Crippen molar-refractivity contribution in [3.8, 4) is 0 Å². The van der Waals surface area contributed by atoms with Crippen LogP contribution in [0.2, 0.25) is 0 Å². The average molecular weight is 309 g/mol. The van der Waals surface area contributed by atoms with E-state index in [1.165, 1.54) is 6.07 Å². The lowest BCUT2D eigenvalue weighted by Crippen LogP contribution is -2.02. The molecule has 0 saturated heterocycles. The van der Waals surface area contributed by atoms with Crippen LogP contribution in [-0.4, -0.2) is 7.05 Å². The lowest BCUT2D eigenvalue weighted by atomic mass is 10.2. The fourth-order valence-electron chi connectivity index (χ4n) is 1.67. The van der Waals surface area contributed by atoms with Gasteiger partial charge in [0.2, 0.25) is 0 Å². The van der Waals surface area contributed by atoms with E-state index >= 15 is 0 Å². The van der Waals surface area contributed by atoms with E-state index in [0.717, 1.165) is 15.7 Å². The normalized spacial score (nSPS) is 10.2. The quantitative estimate of drug-likeness (QED) is 0.882. The summed E-state index contributed by atoms with van der Waals surface area (Å²) < 4.78 is 14.4. The van der Waals surface area contributed by atoms with E-state index in [-0.39, 0.29) is 5.82 Å². The second-order valence-electron chi connectivity index (χ2n) is 3.93. The van der Waals surface area contributed by atoms with E-state index in [1.807, 2.05) is 31.3 Å². The number of anilines is 2. The minimum atomic E-state index is -0.247. The van der Waals surface area contributed by atoms with Crippen LogP contribution in [0.1, 0.15) is 5.56 Å². The van der Waals surface area contributed by atoms with E-state index in [0.29, 0.717) is 12.2 Å². The lowest BCUT2D eigenvalue weighted by Gasteiger charge is -2.09. The average Bonchev–Trinajstić information content (AvgIpc) is 2.40. The number of nitrogens with one attached hydrogen (secondary N) is 2. The maximum absolute atomic E-state index is 13.5. The highest BCUT2D eigenvalue weighted by Gasteiger charge is 2.02. The predicted molar refractivity (Wildman–Crippen MR) is 77.4 cm³/mol. The van der Waals surface area contributed by atoms with Gasteiger partial charge < -0.3 is 10.6 Å². The van der Waals surface area contributed by atoms with E-state index in [2.05, 4.69) is 26.6 Å². The van der Waals surface area contributed by atoms with Gasteiger partial charge in [0, 0.05) is 23.8 Å². The molecule has 0 aliphatic heterocycles. The highest BCUT2D eigenvalue weighted by molar-refractivity contribution is 9.10. The van der Waals surface area contributed by atoms with Crippen molar-refractivity contribution in [2.75, 3.05) is 17.7 Å². The molecule has 0 bridgehead atoms. The Bertz CT molecular complexity index is 543. The Kier molecular flexibility index (Phi) is 4.20. The minimum Gasteiger partial charge on any atom is -0.388 e. The Labute approximate surface area is 114 Å². The molecule has 0 atom stereocenters. The molecule has 0 spiro atoms. The van der Waals surface area contributed by atoms with Gasteiger partial charge >= 0.3 is 0 Å². The molecule has 18 heavy (non-hydrogen) atoms. The molecule has 0 radical (unpaired) electrons. The summed E-state index contributed by atoms with van der Waals surface area (Å²) in [4.78, 5) is 0. The van der Waals surface area contributed by atoms with Gasteiger partial charge in [-0.1, -0.05) is 28.1 Å². The Morgan fingerprint density at radius 1 is 1.17 bits per heavy atom. The van der Waals surface area contributed by atoms with Gasteiger partial charge in [-0.2, -0.15) is 0 Å². The van der Waals surface area contributed by atoms with Crippen LogP contribution in [0.4, 0.5) is 15.8 Å². The van der Waals surface area contributed by atoms with E-state index in [1.54, 1.807) is 12.1 Å². The highest BCUT2D eigenvalue weighted by atomic mass is 79.9. The third-order valence-electron chi connectivity index (χ3n) is 2.63. The monoisotopic (exact) mass is 308 g/mol. The minimum absolute atomic E-state index is 0.247. The highest BCUT2D eigenvalue weighted by Crippen LogP contribution is 2.21. The zero-order valence-corrected chi connectivity index (χ0v) is 11.6. The molecule has 2 N–H and O–H groups in total. The molecule has 0 heterocycles. The molecule has 2 rings (SSSR count). The van der Waals surface area contributed by atoms with Crippen molar-refractivity contribution in [3.63, 3.8) is 0 Å². The van der Waals surface area contributed by atoms with E-state index in [9.17, 15) is 4.39 Å². The van der Waals surface area contributed by atoms with Crippen molar-refractivity contribution in [2.24, 2.45) is 0 Å². The molecule has 0 fully saturated rings. The van der Waals surface area contributed by atoms with Gasteiger partial charge in [0.15, 0.2) is 0 Å². The Morgan fingerprint density at radius 3 is 2.78 bits per heavy atom. The molecule has 2 aromatic rings. The number of hydrogen-bond acceptors (Lipinski definition) is 2. The molecule has 4 heteroatoms. The summed E-state index contributed by atoms with van der Waals surface area (Å²) in [7, 11) is 1.88. The molecule has 94 valence electrons. The van der Waals surface area contributed by atoms with Crippen LogP contribution >= 0.6 is 15.9 Å².